The van der Waals surface area contributed by atoms with Crippen molar-refractivity contribution in [1.82, 2.24) is 5.32 Å². The lowest BCUT2D eigenvalue weighted by atomic mass is 10.3. The van der Waals surface area contributed by atoms with Crippen molar-refractivity contribution in [3.63, 3.8) is 0 Å². The second-order valence-electron chi connectivity index (χ2n) is 2.63. The Morgan fingerprint density at radius 3 is 2.80 bits per heavy atom. The van der Waals surface area contributed by atoms with E-state index in [0.29, 0.717) is 18.3 Å². The normalized spacial score (nSPS) is 16.9. The summed E-state index contributed by atoms with van der Waals surface area (Å²) >= 11 is 5.42. The highest BCUT2D eigenvalue weighted by Gasteiger charge is 2.22. The van der Waals surface area contributed by atoms with Crippen LogP contribution < -0.4 is 5.32 Å². The highest BCUT2D eigenvalue weighted by atomic mass is 35.5. The van der Waals surface area contributed by atoms with Crippen LogP contribution in [0.5, 0.6) is 0 Å². The largest absolute Gasteiger partial charge is 0.353 e. The topological polar surface area (TPSA) is 29.1 Å². The zero-order valence-electron chi connectivity index (χ0n) is 5.90. The average molecular weight is 162 g/mol. The van der Waals surface area contributed by atoms with Crippen molar-refractivity contribution < 1.29 is 4.79 Å². The molecule has 0 aromatic rings. The number of amides is 1. The van der Waals surface area contributed by atoms with E-state index >= 15 is 0 Å². The molecule has 3 heteroatoms. The van der Waals surface area contributed by atoms with Gasteiger partial charge in [-0.25, -0.2) is 0 Å². The van der Waals surface area contributed by atoms with E-state index in [-0.39, 0.29) is 5.91 Å². The van der Waals surface area contributed by atoms with Gasteiger partial charge in [-0.05, 0) is 19.3 Å². The number of alkyl halides is 1. The van der Waals surface area contributed by atoms with Crippen LogP contribution in [0.25, 0.3) is 0 Å². The van der Waals surface area contributed by atoms with Crippen LogP contribution in [-0.2, 0) is 4.79 Å². The van der Waals surface area contributed by atoms with Crippen molar-refractivity contribution in [2.24, 2.45) is 0 Å². The summed E-state index contributed by atoms with van der Waals surface area (Å²) in [5.41, 5.74) is 0. The first-order valence-electron chi connectivity index (χ1n) is 3.68. The number of hydrogen-bond acceptors (Lipinski definition) is 1. The fourth-order valence-corrected chi connectivity index (χ4v) is 0.889. The summed E-state index contributed by atoms with van der Waals surface area (Å²) in [5, 5.41) is 2.89. The van der Waals surface area contributed by atoms with E-state index in [1.165, 1.54) is 0 Å². The van der Waals surface area contributed by atoms with Gasteiger partial charge < -0.3 is 5.32 Å². The van der Waals surface area contributed by atoms with Gasteiger partial charge in [0.25, 0.3) is 0 Å². The van der Waals surface area contributed by atoms with Gasteiger partial charge in [-0.2, -0.15) is 0 Å². The highest BCUT2D eigenvalue weighted by Crippen LogP contribution is 2.18. The Morgan fingerprint density at radius 2 is 2.30 bits per heavy atom. The van der Waals surface area contributed by atoms with Gasteiger partial charge in [0.15, 0.2) is 0 Å². The molecule has 0 heterocycles. The molecule has 0 aromatic heterocycles. The predicted molar refractivity (Wildman–Crippen MR) is 41.1 cm³/mol. The van der Waals surface area contributed by atoms with Crippen molar-refractivity contribution in [3.05, 3.63) is 0 Å². The van der Waals surface area contributed by atoms with Gasteiger partial charge in [-0.1, -0.05) is 0 Å². The van der Waals surface area contributed by atoms with E-state index in [1.807, 2.05) is 0 Å². The van der Waals surface area contributed by atoms with Crippen LogP contribution in [0.15, 0.2) is 0 Å². The lowest BCUT2D eigenvalue weighted by Crippen LogP contribution is -2.24. The van der Waals surface area contributed by atoms with Gasteiger partial charge in [-0.15, -0.1) is 11.6 Å². The average Bonchev–Trinajstić information content (AvgIpc) is 2.67. The molecule has 1 N–H and O–H groups in total. The molecule has 0 aromatic carbocycles. The van der Waals surface area contributed by atoms with Crippen LogP contribution in [0.1, 0.15) is 25.7 Å². The standard InChI is InChI=1S/C7H12ClNO/c8-5-1-2-7(10)9-6-3-4-6/h6H,1-5H2,(H,9,10). The van der Waals surface area contributed by atoms with Crippen LogP contribution in [0.2, 0.25) is 0 Å². The van der Waals surface area contributed by atoms with Crippen LogP contribution in [0.3, 0.4) is 0 Å². The van der Waals surface area contributed by atoms with E-state index in [9.17, 15) is 4.79 Å². The molecule has 1 fully saturated rings. The maximum absolute atomic E-state index is 10.9. The van der Waals surface area contributed by atoms with E-state index < -0.39 is 0 Å². The van der Waals surface area contributed by atoms with Crippen LogP contribution in [0, 0.1) is 0 Å². The van der Waals surface area contributed by atoms with E-state index in [0.717, 1.165) is 19.3 Å². The Hall–Kier alpha value is -0.240. The Morgan fingerprint density at radius 1 is 1.60 bits per heavy atom. The lowest BCUT2D eigenvalue weighted by molar-refractivity contribution is -0.121. The summed E-state index contributed by atoms with van der Waals surface area (Å²) in [6.45, 7) is 0. The van der Waals surface area contributed by atoms with Gasteiger partial charge in [0, 0.05) is 18.3 Å². The number of carbonyl (C=O) groups is 1. The van der Waals surface area contributed by atoms with Crippen LogP contribution in [-0.4, -0.2) is 17.8 Å². The van der Waals surface area contributed by atoms with E-state index in [1.54, 1.807) is 0 Å². The Bertz CT molecular complexity index is 123. The third-order valence-electron chi connectivity index (χ3n) is 1.48. The fraction of sp³-hybridized carbons (Fsp3) is 0.857. The Kier molecular flexibility index (Phi) is 3.00. The molecule has 10 heavy (non-hydrogen) atoms. The summed E-state index contributed by atoms with van der Waals surface area (Å²) in [6, 6.07) is 0.489. The monoisotopic (exact) mass is 161 g/mol. The SMILES string of the molecule is O=C(CCCCl)NC1CC1. The maximum atomic E-state index is 10.9. The molecule has 0 saturated heterocycles. The molecule has 0 unspecified atom stereocenters. The van der Waals surface area contributed by atoms with Crippen LogP contribution >= 0.6 is 11.6 Å². The van der Waals surface area contributed by atoms with Crippen molar-refractivity contribution in [2.75, 3.05) is 5.88 Å². The minimum atomic E-state index is 0.156. The Labute approximate surface area is 65.9 Å². The molecule has 1 rings (SSSR count). The summed E-state index contributed by atoms with van der Waals surface area (Å²) < 4.78 is 0. The van der Waals surface area contributed by atoms with Crippen molar-refractivity contribution >= 4 is 17.5 Å². The van der Waals surface area contributed by atoms with Gasteiger partial charge in [0.1, 0.15) is 0 Å². The van der Waals surface area contributed by atoms with Crippen molar-refractivity contribution in [1.29, 1.82) is 0 Å². The van der Waals surface area contributed by atoms with Crippen LogP contribution in [0.4, 0.5) is 0 Å². The predicted octanol–water partition coefficient (Wildman–Crippen LogP) is 1.28. The first-order valence-corrected chi connectivity index (χ1v) is 4.21. The summed E-state index contributed by atoms with van der Waals surface area (Å²) in [5.74, 6) is 0.737. The third-order valence-corrected chi connectivity index (χ3v) is 1.75. The number of nitrogens with one attached hydrogen (secondary N) is 1. The van der Waals surface area contributed by atoms with Gasteiger partial charge in [-0.3, -0.25) is 4.79 Å². The first kappa shape index (κ1) is 7.86. The summed E-state index contributed by atoms with van der Waals surface area (Å²) in [7, 11) is 0. The van der Waals surface area contributed by atoms with Gasteiger partial charge in [0.05, 0.1) is 0 Å². The number of carbonyl (C=O) groups excluding carboxylic acids is 1. The molecule has 1 amide bonds. The molecular formula is C7H12ClNO. The zero-order valence-corrected chi connectivity index (χ0v) is 6.66. The minimum Gasteiger partial charge on any atom is -0.353 e. The summed E-state index contributed by atoms with van der Waals surface area (Å²) in [6.07, 6.45) is 3.69. The quantitative estimate of drug-likeness (QED) is 0.619. The smallest absolute Gasteiger partial charge is 0.220 e. The third kappa shape index (κ3) is 3.06. The highest BCUT2D eigenvalue weighted by molar-refractivity contribution is 6.17. The van der Waals surface area contributed by atoms with Gasteiger partial charge >= 0.3 is 0 Å². The zero-order chi connectivity index (χ0) is 7.40. The lowest BCUT2D eigenvalue weighted by Gasteiger charge is -1.99. The van der Waals surface area contributed by atoms with Crippen molar-refractivity contribution in [2.45, 2.75) is 31.7 Å². The molecule has 0 atom stereocenters. The van der Waals surface area contributed by atoms with Crippen molar-refractivity contribution in [3.8, 4) is 0 Å². The van der Waals surface area contributed by atoms with E-state index in [2.05, 4.69) is 5.32 Å². The molecule has 58 valence electrons. The molecule has 2 nitrogen and oxygen atoms in total. The molecule has 1 saturated carbocycles. The molecular weight excluding hydrogens is 150 g/mol. The Balaban J connectivity index is 1.97. The molecule has 0 spiro atoms. The second kappa shape index (κ2) is 3.81. The number of halogens is 1. The molecule has 0 bridgehead atoms. The summed E-state index contributed by atoms with van der Waals surface area (Å²) in [4.78, 5) is 10.9. The van der Waals surface area contributed by atoms with E-state index in [4.69, 9.17) is 11.6 Å². The molecule has 1 aliphatic carbocycles. The maximum Gasteiger partial charge on any atom is 0.220 e. The first-order chi connectivity index (χ1) is 4.83. The molecule has 1 aliphatic rings. The minimum absolute atomic E-state index is 0.156. The fourth-order valence-electron chi connectivity index (χ4n) is 0.755. The number of rotatable bonds is 4. The second-order valence-corrected chi connectivity index (χ2v) is 3.01. The van der Waals surface area contributed by atoms with Gasteiger partial charge in [0.2, 0.25) is 5.91 Å². The molecule has 0 radical (unpaired) electrons. The molecule has 0 aliphatic heterocycles. The number of hydrogen-bond donors (Lipinski definition) is 1.